The summed E-state index contributed by atoms with van der Waals surface area (Å²) in [5.41, 5.74) is 5.02. The number of halogens is 1. The minimum atomic E-state index is -0.286. The van der Waals surface area contributed by atoms with E-state index in [2.05, 4.69) is 26.5 Å². The summed E-state index contributed by atoms with van der Waals surface area (Å²) in [5.74, 6) is 0.419. The van der Waals surface area contributed by atoms with Crippen molar-refractivity contribution in [1.29, 1.82) is 0 Å². The smallest absolute Gasteiger partial charge is 0.272 e. The number of amides is 1. The Hall–Kier alpha value is -3.44. The highest BCUT2D eigenvalue weighted by atomic mass is 79.9. The number of benzene rings is 4. The number of ether oxygens (including phenoxy) is 1. The van der Waals surface area contributed by atoms with E-state index in [1.165, 1.54) is 0 Å². The van der Waals surface area contributed by atoms with Gasteiger partial charge in [0.1, 0.15) is 12.4 Å². The molecule has 0 aliphatic heterocycles. The normalized spacial score (nSPS) is 11.0. The number of nitrogens with zero attached hydrogens (tertiary/aromatic N) is 1. The summed E-state index contributed by atoms with van der Waals surface area (Å²) in [7, 11) is 0. The maximum atomic E-state index is 12.4. The van der Waals surface area contributed by atoms with Crippen molar-refractivity contribution in [2.24, 2.45) is 5.10 Å². The Balaban J connectivity index is 1.60. The van der Waals surface area contributed by atoms with Gasteiger partial charge in [-0.3, -0.25) is 4.79 Å². The van der Waals surface area contributed by atoms with Crippen LogP contribution in [0.1, 0.15) is 21.5 Å². The summed E-state index contributed by atoms with van der Waals surface area (Å²) in [6.45, 7) is 0.448. The third kappa shape index (κ3) is 4.58. The van der Waals surface area contributed by atoms with Gasteiger partial charge in [0.15, 0.2) is 0 Å². The lowest BCUT2D eigenvalue weighted by molar-refractivity contribution is 0.0954. The summed E-state index contributed by atoms with van der Waals surface area (Å²) >= 11 is 3.39. The van der Waals surface area contributed by atoms with Gasteiger partial charge < -0.3 is 4.74 Å². The molecule has 0 fully saturated rings. The fourth-order valence-electron chi connectivity index (χ4n) is 3.13. The molecule has 0 radical (unpaired) electrons. The minimum absolute atomic E-state index is 0.286. The quantitative estimate of drug-likeness (QED) is 0.286. The van der Waals surface area contributed by atoms with Crippen LogP contribution in [-0.2, 0) is 6.61 Å². The molecule has 0 aromatic heterocycles. The largest absolute Gasteiger partial charge is 0.488 e. The Morgan fingerprint density at radius 1 is 0.900 bits per heavy atom. The second-order valence-corrected chi connectivity index (χ2v) is 7.51. The zero-order valence-electron chi connectivity index (χ0n) is 16.1. The van der Waals surface area contributed by atoms with E-state index in [4.69, 9.17) is 4.74 Å². The Bertz CT molecular complexity index is 1210. The van der Waals surface area contributed by atoms with E-state index in [0.717, 1.165) is 26.4 Å². The Labute approximate surface area is 183 Å². The minimum Gasteiger partial charge on any atom is -0.488 e. The molecule has 0 aliphatic rings. The number of carbonyl (C=O) groups is 1. The molecule has 1 amide bonds. The van der Waals surface area contributed by atoms with Crippen molar-refractivity contribution in [3.8, 4) is 5.75 Å². The van der Waals surface area contributed by atoms with Crippen LogP contribution < -0.4 is 10.2 Å². The second-order valence-electron chi connectivity index (χ2n) is 6.65. The van der Waals surface area contributed by atoms with Crippen LogP contribution in [0.4, 0.5) is 0 Å². The lowest BCUT2D eigenvalue weighted by Crippen LogP contribution is -2.18. The van der Waals surface area contributed by atoms with E-state index in [1.807, 2.05) is 84.9 Å². The lowest BCUT2D eigenvalue weighted by atomic mass is 10.0. The molecule has 148 valence electrons. The molecule has 1 N–H and O–H groups in total. The van der Waals surface area contributed by atoms with Crippen molar-refractivity contribution in [2.75, 3.05) is 0 Å². The monoisotopic (exact) mass is 458 g/mol. The fourth-order valence-corrected chi connectivity index (χ4v) is 3.60. The van der Waals surface area contributed by atoms with Crippen molar-refractivity contribution in [1.82, 2.24) is 5.43 Å². The standard InChI is InChI=1S/C25H19BrN2O2/c26-23-13-7-6-12-21(23)25(29)28-27-16-22-20-11-5-4-10-19(20)14-15-24(22)30-17-18-8-2-1-3-9-18/h1-16H,17H2,(H,28,29)/b27-16-. The van der Waals surface area contributed by atoms with E-state index in [9.17, 15) is 4.79 Å². The number of carbonyl (C=O) groups excluding carboxylic acids is 1. The molecule has 30 heavy (non-hydrogen) atoms. The van der Waals surface area contributed by atoms with E-state index >= 15 is 0 Å². The van der Waals surface area contributed by atoms with Gasteiger partial charge in [0.25, 0.3) is 5.91 Å². The van der Waals surface area contributed by atoms with Crippen LogP contribution in [0.25, 0.3) is 10.8 Å². The van der Waals surface area contributed by atoms with Crippen LogP contribution >= 0.6 is 15.9 Å². The summed E-state index contributed by atoms with van der Waals surface area (Å²) < 4.78 is 6.80. The van der Waals surface area contributed by atoms with E-state index < -0.39 is 0 Å². The van der Waals surface area contributed by atoms with Gasteiger partial charge in [-0.15, -0.1) is 0 Å². The number of fused-ring (bicyclic) bond motifs is 1. The fraction of sp³-hybridized carbons (Fsp3) is 0.0400. The highest BCUT2D eigenvalue weighted by molar-refractivity contribution is 9.10. The number of rotatable bonds is 6. The molecule has 0 heterocycles. The molecule has 0 aliphatic carbocycles. The van der Waals surface area contributed by atoms with Crippen LogP contribution in [0.3, 0.4) is 0 Å². The zero-order valence-corrected chi connectivity index (χ0v) is 17.7. The molecule has 4 aromatic carbocycles. The number of nitrogens with one attached hydrogen (secondary N) is 1. The molecule has 4 nitrogen and oxygen atoms in total. The average Bonchev–Trinajstić information content (AvgIpc) is 2.79. The molecule has 0 atom stereocenters. The molecule has 4 rings (SSSR count). The van der Waals surface area contributed by atoms with E-state index in [-0.39, 0.29) is 5.91 Å². The van der Waals surface area contributed by atoms with E-state index in [0.29, 0.717) is 17.9 Å². The van der Waals surface area contributed by atoms with Gasteiger partial charge in [-0.05, 0) is 50.5 Å². The SMILES string of the molecule is O=C(N/N=C\c1c(OCc2ccccc2)ccc2ccccc12)c1ccccc1Br. The highest BCUT2D eigenvalue weighted by Gasteiger charge is 2.10. The molecular formula is C25H19BrN2O2. The van der Waals surface area contributed by atoms with E-state index in [1.54, 1.807) is 12.3 Å². The lowest BCUT2D eigenvalue weighted by Gasteiger charge is -2.12. The predicted octanol–water partition coefficient (Wildman–Crippen LogP) is 5.95. The van der Waals surface area contributed by atoms with Crippen molar-refractivity contribution in [3.63, 3.8) is 0 Å². The number of hydrazone groups is 1. The first kappa shape index (κ1) is 19.9. The molecule has 0 bridgehead atoms. The van der Waals surface area contributed by atoms with Crippen LogP contribution in [0.2, 0.25) is 0 Å². The van der Waals surface area contributed by atoms with Crippen molar-refractivity contribution in [3.05, 3.63) is 112 Å². The second kappa shape index (κ2) is 9.37. The summed E-state index contributed by atoms with van der Waals surface area (Å²) in [5, 5.41) is 6.27. The van der Waals surface area contributed by atoms with Gasteiger partial charge in [0.2, 0.25) is 0 Å². The number of hydrogen-bond acceptors (Lipinski definition) is 3. The highest BCUT2D eigenvalue weighted by Crippen LogP contribution is 2.27. The summed E-state index contributed by atoms with van der Waals surface area (Å²) in [4.78, 5) is 12.4. The molecule has 0 saturated heterocycles. The maximum absolute atomic E-state index is 12.4. The predicted molar refractivity (Wildman–Crippen MR) is 124 cm³/mol. The molecule has 0 spiro atoms. The van der Waals surface area contributed by atoms with Gasteiger partial charge in [-0.25, -0.2) is 5.43 Å². The van der Waals surface area contributed by atoms with Crippen LogP contribution in [-0.4, -0.2) is 12.1 Å². The molecular weight excluding hydrogens is 440 g/mol. The first-order valence-corrected chi connectivity index (χ1v) is 10.3. The van der Waals surface area contributed by atoms with Crippen molar-refractivity contribution in [2.45, 2.75) is 6.61 Å². The summed E-state index contributed by atoms with van der Waals surface area (Å²) in [6, 6.07) is 29.2. The topological polar surface area (TPSA) is 50.7 Å². The maximum Gasteiger partial charge on any atom is 0.272 e. The Morgan fingerprint density at radius 3 is 2.47 bits per heavy atom. The number of hydrogen-bond donors (Lipinski definition) is 1. The van der Waals surface area contributed by atoms with Gasteiger partial charge >= 0.3 is 0 Å². The first-order chi connectivity index (χ1) is 14.7. The zero-order chi connectivity index (χ0) is 20.8. The third-order valence-electron chi connectivity index (χ3n) is 4.65. The van der Waals surface area contributed by atoms with Crippen LogP contribution in [0.15, 0.2) is 101 Å². The van der Waals surface area contributed by atoms with Gasteiger partial charge in [-0.2, -0.15) is 5.10 Å². The molecule has 0 unspecified atom stereocenters. The average molecular weight is 459 g/mol. The van der Waals surface area contributed by atoms with Gasteiger partial charge in [0.05, 0.1) is 11.8 Å². The van der Waals surface area contributed by atoms with Crippen LogP contribution in [0.5, 0.6) is 5.75 Å². The Morgan fingerprint density at radius 2 is 1.63 bits per heavy atom. The van der Waals surface area contributed by atoms with Crippen molar-refractivity contribution >= 4 is 38.8 Å². The molecule has 0 saturated carbocycles. The molecule has 5 heteroatoms. The molecule has 4 aromatic rings. The van der Waals surface area contributed by atoms with Crippen LogP contribution in [0, 0.1) is 0 Å². The van der Waals surface area contributed by atoms with Gasteiger partial charge in [0, 0.05) is 10.0 Å². The first-order valence-electron chi connectivity index (χ1n) is 9.49. The van der Waals surface area contributed by atoms with Gasteiger partial charge in [-0.1, -0.05) is 72.8 Å². The summed E-state index contributed by atoms with van der Waals surface area (Å²) in [6.07, 6.45) is 1.64. The third-order valence-corrected chi connectivity index (χ3v) is 5.34. The van der Waals surface area contributed by atoms with Crippen molar-refractivity contribution < 1.29 is 9.53 Å². The Kier molecular flexibility index (Phi) is 6.20.